The summed E-state index contributed by atoms with van der Waals surface area (Å²) >= 11 is 3.30. The maximum atomic E-state index is 5.20. The Morgan fingerprint density at radius 1 is 1.67 bits per heavy atom. The van der Waals surface area contributed by atoms with Crippen LogP contribution in [0.5, 0.6) is 0 Å². The van der Waals surface area contributed by atoms with Crippen LogP contribution in [-0.2, 0) is 6.54 Å². The van der Waals surface area contributed by atoms with Gasteiger partial charge in [-0.05, 0) is 41.2 Å². The smallest absolute Gasteiger partial charge is 0.151 e. The summed E-state index contributed by atoms with van der Waals surface area (Å²) < 4.78 is 5.99. The number of piperidine rings is 1. The van der Waals surface area contributed by atoms with E-state index < -0.39 is 0 Å². The number of hydrogen-bond donors (Lipinski definition) is 0. The predicted molar refractivity (Wildman–Crippen MR) is 62.5 cm³/mol. The van der Waals surface area contributed by atoms with Crippen LogP contribution >= 0.6 is 15.9 Å². The Morgan fingerprint density at radius 3 is 3.20 bits per heavy atom. The maximum absolute atomic E-state index is 5.20. The lowest BCUT2D eigenvalue weighted by Crippen LogP contribution is -2.34. The average Bonchev–Trinajstić information content (AvgIpc) is 2.64. The molecule has 0 saturated carbocycles. The van der Waals surface area contributed by atoms with Crippen LogP contribution in [0, 0.1) is 5.92 Å². The Bertz CT molecular complexity index is 313. The van der Waals surface area contributed by atoms with E-state index >= 15 is 0 Å². The van der Waals surface area contributed by atoms with Crippen molar-refractivity contribution in [2.75, 3.05) is 13.1 Å². The fourth-order valence-corrected chi connectivity index (χ4v) is 2.54. The van der Waals surface area contributed by atoms with Crippen LogP contribution in [0.1, 0.15) is 31.9 Å². The second-order valence-corrected chi connectivity index (χ2v) is 5.08. The van der Waals surface area contributed by atoms with Crippen LogP contribution in [0.15, 0.2) is 15.2 Å². The summed E-state index contributed by atoms with van der Waals surface area (Å²) in [5.74, 6) is 1.82. The number of halogens is 1. The summed E-state index contributed by atoms with van der Waals surface area (Å²) in [6.07, 6.45) is 3.98. The van der Waals surface area contributed by atoms with Gasteiger partial charge in [0.15, 0.2) is 5.76 Å². The van der Waals surface area contributed by atoms with Crippen molar-refractivity contribution in [3.8, 4) is 0 Å². The number of nitrogens with zero attached hydrogens (tertiary/aromatic N) is 2. The average molecular weight is 273 g/mol. The second-order valence-electron chi connectivity index (χ2n) is 4.27. The molecule has 1 atom stereocenters. The van der Waals surface area contributed by atoms with E-state index in [-0.39, 0.29) is 0 Å². The van der Waals surface area contributed by atoms with Gasteiger partial charge in [0.05, 0.1) is 6.54 Å². The Balaban J connectivity index is 1.88. The van der Waals surface area contributed by atoms with Gasteiger partial charge in [-0.15, -0.1) is 0 Å². The minimum absolute atomic E-state index is 0.793. The molecule has 1 unspecified atom stereocenters. The Morgan fingerprint density at radius 2 is 2.53 bits per heavy atom. The molecule has 0 bridgehead atoms. The monoisotopic (exact) mass is 272 g/mol. The fraction of sp³-hybridized carbons (Fsp3) is 0.727. The van der Waals surface area contributed by atoms with E-state index in [9.17, 15) is 0 Å². The highest BCUT2D eigenvalue weighted by Crippen LogP contribution is 2.21. The van der Waals surface area contributed by atoms with E-state index in [2.05, 4.69) is 32.9 Å². The zero-order valence-corrected chi connectivity index (χ0v) is 10.7. The van der Waals surface area contributed by atoms with Crippen LogP contribution < -0.4 is 0 Å². The zero-order valence-electron chi connectivity index (χ0n) is 9.08. The first-order valence-electron chi connectivity index (χ1n) is 5.61. The van der Waals surface area contributed by atoms with Crippen LogP contribution in [0.3, 0.4) is 0 Å². The maximum Gasteiger partial charge on any atom is 0.151 e. The molecule has 0 aromatic carbocycles. The van der Waals surface area contributed by atoms with Crippen LogP contribution in [0.4, 0.5) is 0 Å². The molecule has 0 N–H and O–H groups in total. The largest absolute Gasteiger partial charge is 0.359 e. The van der Waals surface area contributed by atoms with Crippen molar-refractivity contribution >= 4 is 15.9 Å². The molecule has 1 aromatic heterocycles. The Kier molecular flexibility index (Phi) is 3.81. The van der Waals surface area contributed by atoms with Gasteiger partial charge in [-0.25, -0.2) is 0 Å². The lowest BCUT2D eigenvalue weighted by Gasteiger charge is -2.31. The summed E-state index contributed by atoms with van der Waals surface area (Å²) in [4.78, 5) is 2.46. The normalized spacial score (nSPS) is 23.2. The van der Waals surface area contributed by atoms with Crippen LogP contribution in [0.2, 0.25) is 0 Å². The first kappa shape index (κ1) is 11.1. The summed E-state index contributed by atoms with van der Waals surface area (Å²) in [6.45, 7) is 5.57. The molecule has 4 heteroatoms. The van der Waals surface area contributed by atoms with Gasteiger partial charge in [-0.3, -0.25) is 4.90 Å². The highest BCUT2D eigenvalue weighted by molar-refractivity contribution is 9.10. The minimum Gasteiger partial charge on any atom is -0.359 e. The third kappa shape index (κ3) is 3.05. The van der Waals surface area contributed by atoms with Gasteiger partial charge in [-0.1, -0.05) is 18.5 Å². The molecule has 0 spiro atoms. The molecule has 1 aliphatic rings. The number of hydrogen-bond acceptors (Lipinski definition) is 3. The van der Waals surface area contributed by atoms with Crippen molar-refractivity contribution in [2.24, 2.45) is 5.92 Å². The lowest BCUT2D eigenvalue weighted by atomic mass is 9.96. The van der Waals surface area contributed by atoms with E-state index in [4.69, 9.17) is 4.52 Å². The predicted octanol–water partition coefficient (Wildman–Crippen LogP) is 3.06. The third-order valence-electron chi connectivity index (χ3n) is 3.09. The van der Waals surface area contributed by atoms with Crippen molar-refractivity contribution in [2.45, 2.75) is 32.7 Å². The van der Waals surface area contributed by atoms with Gasteiger partial charge in [0, 0.05) is 12.6 Å². The molecule has 0 aliphatic carbocycles. The highest BCUT2D eigenvalue weighted by Gasteiger charge is 2.19. The Hall–Kier alpha value is -0.350. The number of rotatable bonds is 3. The fourth-order valence-electron chi connectivity index (χ4n) is 2.21. The topological polar surface area (TPSA) is 29.3 Å². The molecule has 1 fully saturated rings. The van der Waals surface area contributed by atoms with Crippen molar-refractivity contribution in [1.29, 1.82) is 0 Å². The SMILES string of the molecule is CCC1CCCN(Cc2cc(Br)no2)C1. The summed E-state index contributed by atoms with van der Waals surface area (Å²) in [5.41, 5.74) is 0. The molecule has 1 aromatic rings. The zero-order chi connectivity index (χ0) is 10.7. The van der Waals surface area contributed by atoms with E-state index in [0.29, 0.717) is 0 Å². The van der Waals surface area contributed by atoms with E-state index in [0.717, 1.165) is 22.8 Å². The molecular formula is C11H17BrN2O. The molecule has 0 amide bonds. The Labute approximate surface area is 98.9 Å². The van der Waals surface area contributed by atoms with E-state index in [1.54, 1.807) is 0 Å². The van der Waals surface area contributed by atoms with Gasteiger partial charge < -0.3 is 4.52 Å². The first-order valence-corrected chi connectivity index (χ1v) is 6.40. The third-order valence-corrected chi connectivity index (χ3v) is 3.46. The molecule has 3 nitrogen and oxygen atoms in total. The molecule has 0 radical (unpaired) electrons. The van der Waals surface area contributed by atoms with E-state index in [1.165, 1.54) is 32.4 Å². The molecule has 1 aliphatic heterocycles. The van der Waals surface area contributed by atoms with Gasteiger partial charge in [0.1, 0.15) is 4.60 Å². The highest BCUT2D eigenvalue weighted by atomic mass is 79.9. The standard InChI is InChI=1S/C11H17BrN2O/c1-2-9-4-3-5-14(7-9)8-10-6-11(12)13-15-10/h6,9H,2-5,7-8H2,1H3. The summed E-state index contributed by atoms with van der Waals surface area (Å²) in [6, 6.07) is 1.95. The first-order chi connectivity index (χ1) is 7.28. The molecule has 15 heavy (non-hydrogen) atoms. The molecule has 2 rings (SSSR count). The van der Waals surface area contributed by atoms with Crippen molar-refractivity contribution in [1.82, 2.24) is 10.1 Å². The van der Waals surface area contributed by atoms with Gasteiger partial charge in [-0.2, -0.15) is 0 Å². The lowest BCUT2D eigenvalue weighted by molar-refractivity contribution is 0.150. The van der Waals surface area contributed by atoms with Crippen LogP contribution in [-0.4, -0.2) is 23.1 Å². The second kappa shape index (κ2) is 5.12. The van der Waals surface area contributed by atoms with E-state index in [1.807, 2.05) is 6.07 Å². The van der Waals surface area contributed by atoms with Gasteiger partial charge in [0.2, 0.25) is 0 Å². The van der Waals surface area contributed by atoms with Gasteiger partial charge in [0.25, 0.3) is 0 Å². The summed E-state index contributed by atoms with van der Waals surface area (Å²) in [5, 5.41) is 3.84. The molecule has 84 valence electrons. The van der Waals surface area contributed by atoms with Crippen molar-refractivity contribution in [3.05, 3.63) is 16.4 Å². The van der Waals surface area contributed by atoms with Crippen molar-refractivity contribution in [3.63, 3.8) is 0 Å². The summed E-state index contributed by atoms with van der Waals surface area (Å²) in [7, 11) is 0. The molecule has 1 saturated heterocycles. The molecular weight excluding hydrogens is 256 g/mol. The molecule has 2 heterocycles. The quantitative estimate of drug-likeness (QED) is 0.847. The van der Waals surface area contributed by atoms with Gasteiger partial charge >= 0.3 is 0 Å². The number of aromatic nitrogens is 1. The van der Waals surface area contributed by atoms with Crippen LogP contribution in [0.25, 0.3) is 0 Å². The minimum atomic E-state index is 0.793. The number of likely N-dealkylation sites (tertiary alicyclic amines) is 1. The van der Waals surface area contributed by atoms with Crippen molar-refractivity contribution < 1.29 is 4.52 Å².